The Labute approximate surface area is 210 Å². The summed E-state index contributed by atoms with van der Waals surface area (Å²) < 4.78 is 10.8. The minimum Gasteiger partial charge on any atom is -0.449 e. The third-order valence-electron chi connectivity index (χ3n) is 5.88. The van der Waals surface area contributed by atoms with Gasteiger partial charge in [0.05, 0.1) is 12.2 Å². The Balaban J connectivity index is 1.55. The predicted molar refractivity (Wildman–Crippen MR) is 138 cm³/mol. The van der Waals surface area contributed by atoms with Crippen LogP contribution in [0.3, 0.4) is 0 Å². The molecule has 1 amide bonds. The van der Waals surface area contributed by atoms with Gasteiger partial charge in [0.25, 0.3) is 0 Å². The first-order chi connectivity index (χ1) is 17.2. The van der Waals surface area contributed by atoms with Crippen LogP contribution < -0.4 is 15.8 Å². The zero-order valence-electron chi connectivity index (χ0n) is 21.4. The second-order valence-electron chi connectivity index (χ2n) is 8.47. The molecule has 3 aromatic rings. The van der Waals surface area contributed by atoms with Crippen LogP contribution in [0.25, 0.3) is 11.0 Å². The van der Waals surface area contributed by atoms with E-state index in [1.165, 1.54) is 5.06 Å². The van der Waals surface area contributed by atoms with Crippen molar-refractivity contribution in [1.29, 1.82) is 0 Å². The minimum atomic E-state index is -0.599. The van der Waals surface area contributed by atoms with Gasteiger partial charge in [0, 0.05) is 62.9 Å². The van der Waals surface area contributed by atoms with Crippen LogP contribution >= 0.6 is 0 Å². The number of nitrogens with one attached hydrogen (secondary N) is 1. The molecule has 0 bridgehead atoms. The van der Waals surface area contributed by atoms with Gasteiger partial charge in [-0.25, -0.2) is 14.4 Å². The summed E-state index contributed by atoms with van der Waals surface area (Å²) in [6.07, 6.45) is -0.351. The number of nitrogens with zero attached hydrogens (tertiary/aromatic N) is 2. The lowest BCUT2D eigenvalue weighted by Gasteiger charge is -2.21. The molecular formula is C27H33N3O6. The zero-order valence-corrected chi connectivity index (χ0v) is 21.4. The van der Waals surface area contributed by atoms with Gasteiger partial charge in [-0.2, -0.15) is 0 Å². The van der Waals surface area contributed by atoms with Crippen molar-refractivity contribution in [2.24, 2.45) is 0 Å². The number of anilines is 1. The van der Waals surface area contributed by atoms with Gasteiger partial charge in [0.2, 0.25) is 0 Å². The maximum absolute atomic E-state index is 12.6. The first kappa shape index (κ1) is 26.7. The van der Waals surface area contributed by atoms with Crippen molar-refractivity contribution in [2.45, 2.75) is 33.7 Å². The van der Waals surface area contributed by atoms with Crippen LogP contribution in [0.2, 0.25) is 0 Å². The number of hydrogen-bond acceptors (Lipinski definition) is 8. The minimum absolute atomic E-state index is 0.0375. The molecule has 1 N–H and O–H groups in total. The summed E-state index contributed by atoms with van der Waals surface area (Å²) in [6, 6.07) is 12.6. The van der Waals surface area contributed by atoms with Gasteiger partial charge in [-0.05, 0) is 56.2 Å². The van der Waals surface area contributed by atoms with E-state index in [1.807, 2.05) is 25.1 Å². The van der Waals surface area contributed by atoms with E-state index in [2.05, 4.69) is 24.1 Å². The lowest BCUT2D eigenvalue weighted by molar-refractivity contribution is -0.0713. The van der Waals surface area contributed by atoms with Crippen LogP contribution in [0.5, 0.6) is 0 Å². The summed E-state index contributed by atoms with van der Waals surface area (Å²) in [4.78, 5) is 43.8. The second kappa shape index (κ2) is 12.2. The topological polar surface area (TPSA) is 101 Å². The SMILES string of the molecule is CCN(CC)c1ccc2c(C)c(CCOC(=O)NCc3ccc(C(=O)ON(C)C)cc3)c(=O)oc2c1. The first-order valence-electron chi connectivity index (χ1n) is 11.9. The molecule has 36 heavy (non-hydrogen) atoms. The lowest BCUT2D eigenvalue weighted by Crippen LogP contribution is -2.25. The summed E-state index contributed by atoms with van der Waals surface area (Å²) in [5, 5.41) is 4.84. The predicted octanol–water partition coefficient (Wildman–Crippen LogP) is 4.05. The van der Waals surface area contributed by atoms with E-state index in [9.17, 15) is 14.4 Å². The highest BCUT2D eigenvalue weighted by atomic mass is 16.7. The third kappa shape index (κ3) is 6.63. The van der Waals surface area contributed by atoms with Gasteiger partial charge in [-0.3, -0.25) is 0 Å². The zero-order chi connectivity index (χ0) is 26.2. The van der Waals surface area contributed by atoms with Crippen molar-refractivity contribution in [3.05, 3.63) is 75.1 Å². The molecule has 0 aliphatic heterocycles. The number of hydrogen-bond donors (Lipinski definition) is 1. The molecule has 0 aliphatic rings. The van der Waals surface area contributed by atoms with Gasteiger partial charge in [0.15, 0.2) is 0 Å². The Morgan fingerprint density at radius 1 is 1.03 bits per heavy atom. The molecule has 0 saturated heterocycles. The summed E-state index contributed by atoms with van der Waals surface area (Å²) in [5.74, 6) is -0.461. The summed E-state index contributed by atoms with van der Waals surface area (Å²) in [7, 11) is 3.25. The molecule has 2 aromatic carbocycles. The highest BCUT2D eigenvalue weighted by molar-refractivity contribution is 5.89. The number of alkyl carbamates (subject to hydrolysis) is 1. The molecule has 0 aliphatic carbocycles. The number of carbonyl (C=O) groups is 2. The van der Waals surface area contributed by atoms with Crippen molar-refractivity contribution in [1.82, 2.24) is 10.4 Å². The fourth-order valence-corrected chi connectivity index (χ4v) is 3.91. The largest absolute Gasteiger partial charge is 0.449 e. The number of benzene rings is 2. The van der Waals surface area contributed by atoms with Gasteiger partial charge in [-0.15, -0.1) is 5.06 Å². The van der Waals surface area contributed by atoms with Crippen LogP contribution in [-0.4, -0.2) is 50.9 Å². The van der Waals surface area contributed by atoms with Gasteiger partial charge in [0.1, 0.15) is 5.58 Å². The monoisotopic (exact) mass is 495 g/mol. The molecule has 1 aromatic heterocycles. The van der Waals surface area contributed by atoms with E-state index in [0.29, 0.717) is 16.7 Å². The van der Waals surface area contributed by atoms with Crippen molar-refractivity contribution in [3.63, 3.8) is 0 Å². The van der Waals surface area contributed by atoms with Crippen molar-refractivity contribution < 1.29 is 23.6 Å². The lowest BCUT2D eigenvalue weighted by atomic mass is 10.0. The number of fused-ring (bicyclic) bond motifs is 1. The number of rotatable bonds is 10. The van der Waals surface area contributed by atoms with Crippen LogP contribution in [0.4, 0.5) is 10.5 Å². The van der Waals surface area contributed by atoms with E-state index < -0.39 is 17.7 Å². The summed E-state index contributed by atoms with van der Waals surface area (Å²) in [6.45, 7) is 8.02. The molecule has 9 nitrogen and oxygen atoms in total. The van der Waals surface area contributed by atoms with Crippen molar-refractivity contribution >= 4 is 28.7 Å². The fraction of sp³-hybridized carbons (Fsp3) is 0.370. The van der Waals surface area contributed by atoms with Crippen LogP contribution in [0.15, 0.2) is 51.7 Å². The molecule has 192 valence electrons. The van der Waals surface area contributed by atoms with E-state index in [-0.39, 0.29) is 19.6 Å². The Morgan fingerprint density at radius 3 is 2.36 bits per heavy atom. The molecule has 0 fully saturated rings. The second-order valence-corrected chi connectivity index (χ2v) is 8.47. The molecular weight excluding hydrogens is 462 g/mol. The first-order valence-corrected chi connectivity index (χ1v) is 11.9. The molecule has 0 radical (unpaired) electrons. The van der Waals surface area contributed by atoms with E-state index in [1.54, 1.807) is 38.4 Å². The van der Waals surface area contributed by atoms with Gasteiger partial charge >= 0.3 is 17.7 Å². The standard InChI is InChI=1S/C27H33N3O6/c1-6-30(7-2)21-12-13-22-18(3)23(26(32)35-24(22)16-21)14-15-34-27(33)28-17-19-8-10-20(11-9-19)25(31)36-29(4)5/h8-13,16H,6-7,14-15,17H2,1-5H3,(H,28,33). The number of amides is 1. The van der Waals surface area contributed by atoms with Gasteiger partial charge < -0.3 is 24.2 Å². The quantitative estimate of drug-likeness (QED) is 0.332. The summed E-state index contributed by atoms with van der Waals surface area (Å²) in [5.41, 5.74) is 3.65. The number of ether oxygens (including phenoxy) is 1. The van der Waals surface area contributed by atoms with Crippen LogP contribution in [0, 0.1) is 6.92 Å². The normalized spacial score (nSPS) is 10.9. The molecule has 0 unspecified atom stereocenters. The van der Waals surface area contributed by atoms with Gasteiger partial charge in [-0.1, -0.05) is 12.1 Å². The molecule has 0 spiro atoms. The maximum Gasteiger partial charge on any atom is 0.407 e. The Morgan fingerprint density at radius 2 is 1.72 bits per heavy atom. The highest BCUT2D eigenvalue weighted by Gasteiger charge is 2.14. The molecule has 3 rings (SSSR count). The number of carbonyl (C=O) groups excluding carboxylic acids is 2. The smallest absolute Gasteiger partial charge is 0.407 e. The highest BCUT2D eigenvalue weighted by Crippen LogP contribution is 2.25. The van der Waals surface area contributed by atoms with Crippen LogP contribution in [0.1, 0.15) is 40.9 Å². The Bertz CT molecular complexity index is 1260. The molecule has 0 atom stereocenters. The third-order valence-corrected chi connectivity index (χ3v) is 5.88. The average molecular weight is 496 g/mol. The van der Waals surface area contributed by atoms with Crippen LogP contribution in [-0.2, 0) is 22.5 Å². The molecule has 9 heteroatoms. The number of hydroxylamine groups is 2. The van der Waals surface area contributed by atoms with E-state index in [0.717, 1.165) is 35.3 Å². The maximum atomic E-state index is 12.6. The van der Waals surface area contributed by atoms with E-state index >= 15 is 0 Å². The van der Waals surface area contributed by atoms with Crippen molar-refractivity contribution in [3.8, 4) is 0 Å². The van der Waals surface area contributed by atoms with E-state index in [4.69, 9.17) is 14.0 Å². The van der Waals surface area contributed by atoms with Crippen molar-refractivity contribution in [2.75, 3.05) is 38.7 Å². The Hall–Kier alpha value is -3.85. The number of aryl methyl sites for hydroxylation is 1. The fourth-order valence-electron chi connectivity index (χ4n) is 3.91. The Kier molecular flexibility index (Phi) is 9.08. The molecule has 1 heterocycles. The summed E-state index contributed by atoms with van der Waals surface area (Å²) >= 11 is 0. The average Bonchev–Trinajstić information content (AvgIpc) is 2.85. The molecule has 0 saturated carbocycles.